The van der Waals surface area contributed by atoms with E-state index in [1.807, 2.05) is 12.1 Å². The molecule has 0 spiro atoms. The monoisotopic (exact) mass is 209 g/mol. The van der Waals surface area contributed by atoms with Crippen LogP contribution in [0.3, 0.4) is 0 Å². The van der Waals surface area contributed by atoms with Gasteiger partial charge in [-0.1, -0.05) is 19.8 Å². The molecule has 0 radical (unpaired) electrons. The Labute approximate surface area is 91.4 Å². The van der Waals surface area contributed by atoms with Gasteiger partial charge in [-0.15, -0.1) is 0 Å². The molecule has 0 bridgehead atoms. The lowest BCUT2D eigenvalue weighted by molar-refractivity contribution is 0.381. The highest BCUT2D eigenvalue weighted by atomic mass is 16.5. The van der Waals surface area contributed by atoms with Crippen LogP contribution >= 0.6 is 0 Å². The summed E-state index contributed by atoms with van der Waals surface area (Å²) in [6.07, 6.45) is 4.54. The number of unbranched alkanes of at least 4 members (excludes halogenated alkanes) is 2. The molecule has 3 heteroatoms. The number of aryl methyl sites for hydroxylation is 1. The maximum Gasteiger partial charge on any atom is 0.213 e. The number of methoxy groups -OCH3 is 2. The summed E-state index contributed by atoms with van der Waals surface area (Å²) in [7, 11) is 3.30. The summed E-state index contributed by atoms with van der Waals surface area (Å²) in [5, 5.41) is 0. The van der Waals surface area contributed by atoms with Gasteiger partial charge in [0.05, 0.1) is 19.9 Å². The summed E-state index contributed by atoms with van der Waals surface area (Å²) >= 11 is 0. The maximum absolute atomic E-state index is 5.26. The van der Waals surface area contributed by atoms with E-state index in [0.717, 1.165) is 24.3 Å². The third-order valence-electron chi connectivity index (χ3n) is 2.35. The smallest absolute Gasteiger partial charge is 0.213 e. The Morgan fingerprint density at radius 2 is 1.93 bits per heavy atom. The average molecular weight is 209 g/mol. The Balaban J connectivity index is 2.72. The van der Waals surface area contributed by atoms with E-state index in [0.29, 0.717) is 5.88 Å². The third kappa shape index (κ3) is 3.42. The Bertz CT molecular complexity index is 300. The van der Waals surface area contributed by atoms with Crippen LogP contribution in [0.5, 0.6) is 11.6 Å². The van der Waals surface area contributed by atoms with Crippen LogP contribution < -0.4 is 9.47 Å². The largest absolute Gasteiger partial charge is 0.495 e. The fraction of sp³-hybridized carbons (Fsp3) is 0.583. The molecule has 3 nitrogen and oxygen atoms in total. The molecular formula is C12H19NO2. The molecule has 15 heavy (non-hydrogen) atoms. The van der Waals surface area contributed by atoms with Gasteiger partial charge in [0.1, 0.15) is 5.75 Å². The Hall–Kier alpha value is -1.25. The molecule has 0 aliphatic heterocycles. The van der Waals surface area contributed by atoms with Gasteiger partial charge in [0.2, 0.25) is 5.88 Å². The molecule has 1 aromatic rings. The molecule has 0 N–H and O–H groups in total. The van der Waals surface area contributed by atoms with Gasteiger partial charge in [-0.2, -0.15) is 0 Å². The van der Waals surface area contributed by atoms with Gasteiger partial charge in [0.15, 0.2) is 0 Å². The number of hydrogen-bond acceptors (Lipinski definition) is 3. The van der Waals surface area contributed by atoms with E-state index in [2.05, 4.69) is 11.9 Å². The first kappa shape index (κ1) is 11.8. The second-order valence-corrected chi connectivity index (χ2v) is 3.46. The van der Waals surface area contributed by atoms with Gasteiger partial charge in [-0.3, -0.25) is 0 Å². The molecule has 1 heterocycles. The maximum atomic E-state index is 5.26. The van der Waals surface area contributed by atoms with E-state index >= 15 is 0 Å². The zero-order chi connectivity index (χ0) is 11.1. The van der Waals surface area contributed by atoms with Gasteiger partial charge < -0.3 is 9.47 Å². The number of aromatic nitrogens is 1. The topological polar surface area (TPSA) is 31.4 Å². The highest BCUT2D eigenvalue weighted by Crippen LogP contribution is 2.21. The number of ether oxygens (including phenoxy) is 2. The predicted octanol–water partition coefficient (Wildman–Crippen LogP) is 2.83. The van der Waals surface area contributed by atoms with Crippen LogP contribution in [0.15, 0.2) is 12.1 Å². The van der Waals surface area contributed by atoms with Crippen molar-refractivity contribution < 1.29 is 9.47 Å². The van der Waals surface area contributed by atoms with E-state index in [1.54, 1.807) is 14.2 Å². The summed E-state index contributed by atoms with van der Waals surface area (Å²) < 4.78 is 10.4. The molecule has 0 aromatic carbocycles. The molecule has 0 aliphatic rings. The fourth-order valence-corrected chi connectivity index (χ4v) is 1.49. The molecule has 0 saturated heterocycles. The lowest BCUT2D eigenvalue weighted by Crippen LogP contribution is -1.98. The predicted molar refractivity (Wildman–Crippen MR) is 60.6 cm³/mol. The molecule has 0 aliphatic carbocycles. The molecule has 1 rings (SSSR count). The van der Waals surface area contributed by atoms with E-state index < -0.39 is 0 Å². The van der Waals surface area contributed by atoms with E-state index in [9.17, 15) is 0 Å². The molecule has 0 unspecified atom stereocenters. The summed E-state index contributed by atoms with van der Waals surface area (Å²) in [5.74, 6) is 1.51. The lowest BCUT2D eigenvalue weighted by atomic mass is 10.1. The van der Waals surface area contributed by atoms with E-state index in [-0.39, 0.29) is 0 Å². The normalized spacial score (nSPS) is 10.1. The Kier molecular flexibility index (Phi) is 4.95. The minimum atomic E-state index is 0.655. The fourth-order valence-electron chi connectivity index (χ4n) is 1.49. The van der Waals surface area contributed by atoms with Crippen LogP contribution in [-0.2, 0) is 6.42 Å². The number of hydrogen-bond donors (Lipinski definition) is 0. The number of pyridine rings is 1. The van der Waals surface area contributed by atoms with Gasteiger partial charge >= 0.3 is 0 Å². The summed E-state index contributed by atoms with van der Waals surface area (Å²) in [6, 6.07) is 3.73. The molecule has 1 aromatic heterocycles. The molecule has 84 valence electrons. The highest BCUT2D eigenvalue weighted by Gasteiger charge is 2.05. The SMILES string of the molecule is CCCCCc1nc(OC)ccc1OC. The first-order valence-electron chi connectivity index (χ1n) is 5.39. The van der Waals surface area contributed by atoms with Crippen molar-refractivity contribution in [3.05, 3.63) is 17.8 Å². The lowest BCUT2D eigenvalue weighted by Gasteiger charge is -2.08. The van der Waals surface area contributed by atoms with Gasteiger partial charge in [0.25, 0.3) is 0 Å². The number of rotatable bonds is 6. The van der Waals surface area contributed by atoms with Crippen LogP contribution in [0.4, 0.5) is 0 Å². The van der Waals surface area contributed by atoms with Crippen molar-refractivity contribution in [3.63, 3.8) is 0 Å². The molecule has 0 fully saturated rings. The van der Waals surface area contributed by atoms with Crippen molar-refractivity contribution in [3.8, 4) is 11.6 Å². The van der Waals surface area contributed by atoms with Crippen molar-refractivity contribution in [2.24, 2.45) is 0 Å². The zero-order valence-electron chi connectivity index (χ0n) is 9.75. The van der Waals surface area contributed by atoms with Gasteiger partial charge in [0, 0.05) is 6.07 Å². The Morgan fingerprint density at radius 1 is 1.13 bits per heavy atom. The van der Waals surface area contributed by atoms with Crippen LogP contribution in [-0.4, -0.2) is 19.2 Å². The van der Waals surface area contributed by atoms with Gasteiger partial charge in [-0.25, -0.2) is 4.98 Å². The third-order valence-corrected chi connectivity index (χ3v) is 2.35. The average Bonchev–Trinajstić information content (AvgIpc) is 2.29. The minimum absolute atomic E-state index is 0.655. The Morgan fingerprint density at radius 3 is 2.53 bits per heavy atom. The second kappa shape index (κ2) is 6.27. The minimum Gasteiger partial charge on any atom is -0.495 e. The van der Waals surface area contributed by atoms with Gasteiger partial charge in [-0.05, 0) is 18.9 Å². The van der Waals surface area contributed by atoms with Crippen LogP contribution in [0.25, 0.3) is 0 Å². The molecule has 0 atom stereocenters. The quantitative estimate of drug-likeness (QED) is 0.675. The standard InChI is InChI=1S/C12H19NO2/c1-4-5-6-7-10-11(14-2)8-9-12(13-10)15-3/h8-9H,4-7H2,1-3H3. The van der Waals surface area contributed by atoms with E-state index in [4.69, 9.17) is 9.47 Å². The van der Waals surface area contributed by atoms with Crippen LogP contribution in [0.2, 0.25) is 0 Å². The van der Waals surface area contributed by atoms with Crippen molar-refractivity contribution in [2.45, 2.75) is 32.6 Å². The highest BCUT2D eigenvalue weighted by molar-refractivity contribution is 5.31. The van der Waals surface area contributed by atoms with Crippen LogP contribution in [0.1, 0.15) is 31.9 Å². The second-order valence-electron chi connectivity index (χ2n) is 3.46. The van der Waals surface area contributed by atoms with Crippen LogP contribution in [0, 0.1) is 0 Å². The molecule has 0 saturated carbocycles. The molecular weight excluding hydrogens is 190 g/mol. The van der Waals surface area contributed by atoms with Crippen molar-refractivity contribution in [1.29, 1.82) is 0 Å². The van der Waals surface area contributed by atoms with Crippen molar-refractivity contribution in [2.75, 3.05) is 14.2 Å². The first-order valence-corrected chi connectivity index (χ1v) is 5.39. The first-order chi connectivity index (χ1) is 7.31. The summed E-state index contributed by atoms with van der Waals surface area (Å²) in [6.45, 7) is 2.19. The van der Waals surface area contributed by atoms with Crippen molar-refractivity contribution in [1.82, 2.24) is 4.98 Å². The summed E-state index contributed by atoms with van der Waals surface area (Å²) in [5.41, 5.74) is 0.991. The molecule has 0 amide bonds. The van der Waals surface area contributed by atoms with Crippen molar-refractivity contribution >= 4 is 0 Å². The van der Waals surface area contributed by atoms with E-state index in [1.165, 1.54) is 12.8 Å². The summed E-state index contributed by atoms with van der Waals surface area (Å²) in [4.78, 5) is 4.39. The number of nitrogens with zero attached hydrogens (tertiary/aromatic N) is 1. The zero-order valence-corrected chi connectivity index (χ0v) is 9.75.